The summed E-state index contributed by atoms with van der Waals surface area (Å²) >= 11 is 0. The first-order valence-electron chi connectivity index (χ1n) is 8.14. The average Bonchev–Trinajstić information content (AvgIpc) is 2.65. The Kier molecular flexibility index (Phi) is 5.26. The molecule has 1 aliphatic rings. The predicted octanol–water partition coefficient (Wildman–Crippen LogP) is 3.44. The van der Waals surface area contributed by atoms with E-state index in [1.807, 2.05) is 6.07 Å². The van der Waals surface area contributed by atoms with Crippen molar-refractivity contribution in [2.75, 3.05) is 7.05 Å². The molecule has 0 amide bonds. The summed E-state index contributed by atoms with van der Waals surface area (Å²) in [5.41, 5.74) is 7.42. The first-order chi connectivity index (χ1) is 12.2. The Bertz CT molecular complexity index is 841. The largest absolute Gasteiger partial charge is 0.478 e. The van der Waals surface area contributed by atoms with Gasteiger partial charge in [0.1, 0.15) is 0 Å². The van der Waals surface area contributed by atoms with Crippen LogP contribution in [0.1, 0.15) is 39.0 Å². The number of nitrogens with zero attached hydrogens (tertiary/aromatic N) is 1. The minimum Gasteiger partial charge on any atom is -0.478 e. The maximum absolute atomic E-state index is 11.1. The summed E-state index contributed by atoms with van der Waals surface area (Å²) in [6.07, 6.45) is 6.39. The van der Waals surface area contributed by atoms with Crippen molar-refractivity contribution in [3.05, 3.63) is 76.4 Å². The van der Waals surface area contributed by atoms with Gasteiger partial charge < -0.3 is 5.11 Å². The first kappa shape index (κ1) is 16.9. The Morgan fingerprint density at radius 2 is 2.04 bits per heavy atom. The van der Waals surface area contributed by atoms with E-state index >= 15 is 0 Å². The van der Waals surface area contributed by atoms with Crippen molar-refractivity contribution in [1.29, 1.82) is 0 Å². The number of fused-ring (bicyclic) bond motifs is 1. The molecule has 3 rings (SSSR count). The molecule has 2 aromatic carbocycles. The maximum atomic E-state index is 11.1. The van der Waals surface area contributed by atoms with Gasteiger partial charge in [-0.1, -0.05) is 42.5 Å². The number of amidine groups is 1. The highest BCUT2D eigenvalue weighted by Gasteiger charge is 2.11. The summed E-state index contributed by atoms with van der Waals surface area (Å²) in [6, 6.07) is 12.8. The number of carbonyl (C=O) groups is 1. The molecule has 25 heavy (non-hydrogen) atoms. The van der Waals surface area contributed by atoms with Crippen LogP contribution >= 0.6 is 0 Å². The lowest BCUT2D eigenvalue weighted by Crippen LogP contribution is -2.25. The summed E-state index contributed by atoms with van der Waals surface area (Å²) < 4.78 is 0. The van der Waals surface area contributed by atoms with Crippen LogP contribution in [-0.4, -0.2) is 24.0 Å². The van der Waals surface area contributed by atoms with Gasteiger partial charge in [-0.2, -0.15) is 0 Å². The van der Waals surface area contributed by atoms with E-state index in [2.05, 4.69) is 34.8 Å². The molecule has 0 heterocycles. The minimum absolute atomic E-state index is 0.212. The van der Waals surface area contributed by atoms with Crippen molar-refractivity contribution in [3.63, 3.8) is 0 Å². The molecular weight excluding hydrogens is 316 g/mol. The van der Waals surface area contributed by atoms with Crippen LogP contribution < -0.4 is 5.48 Å². The lowest BCUT2D eigenvalue weighted by molar-refractivity contribution is 0.0694. The lowest BCUT2D eigenvalue weighted by atomic mass is 9.93. The van der Waals surface area contributed by atoms with Gasteiger partial charge in [-0.25, -0.2) is 10.3 Å². The number of hydrogen-bond acceptors (Lipinski definition) is 3. The number of hydroxylamine groups is 1. The van der Waals surface area contributed by atoms with E-state index in [1.54, 1.807) is 31.3 Å². The zero-order chi connectivity index (χ0) is 17.6. The van der Waals surface area contributed by atoms with E-state index in [0.717, 1.165) is 18.4 Å². The van der Waals surface area contributed by atoms with Crippen LogP contribution in [-0.2, 0) is 17.9 Å². The normalized spacial score (nSPS) is 13.4. The van der Waals surface area contributed by atoms with Crippen molar-refractivity contribution in [2.24, 2.45) is 4.99 Å². The van der Waals surface area contributed by atoms with Gasteiger partial charge in [-0.05, 0) is 41.7 Å². The van der Waals surface area contributed by atoms with Gasteiger partial charge in [-0.3, -0.25) is 9.83 Å². The van der Waals surface area contributed by atoms with E-state index in [-0.39, 0.29) is 5.56 Å². The van der Waals surface area contributed by atoms with Gasteiger partial charge in [0.05, 0.1) is 12.2 Å². The van der Waals surface area contributed by atoms with Crippen LogP contribution in [0.2, 0.25) is 0 Å². The lowest BCUT2D eigenvalue weighted by Gasteiger charge is -2.16. The molecule has 0 aliphatic heterocycles. The molecule has 0 atom stereocenters. The topological polar surface area (TPSA) is 70.9 Å². The number of carboxylic acid groups (broad SMARTS) is 1. The van der Waals surface area contributed by atoms with Crippen LogP contribution in [0.25, 0.3) is 6.08 Å². The molecule has 0 unspecified atom stereocenters. The average molecular weight is 336 g/mol. The Hall–Kier alpha value is -2.92. The number of aliphatic imine (C=N–C) groups is 1. The summed E-state index contributed by atoms with van der Waals surface area (Å²) in [7, 11) is 1.63. The van der Waals surface area contributed by atoms with E-state index < -0.39 is 5.97 Å². The van der Waals surface area contributed by atoms with E-state index in [4.69, 9.17) is 9.94 Å². The van der Waals surface area contributed by atoms with Gasteiger partial charge in [0, 0.05) is 12.6 Å². The molecule has 0 radical (unpaired) electrons. The fourth-order valence-corrected chi connectivity index (χ4v) is 2.90. The number of hydrogen-bond donors (Lipinski definition) is 2. The number of carboxylic acids is 1. The second-order valence-corrected chi connectivity index (χ2v) is 5.77. The van der Waals surface area contributed by atoms with Crippen LogP contribution in [0.4, 0.5) is 0 Å². The fourth-order valence-electron chi connectivity index (χ4n) is 2.90. The zero-order valence-electron chi connectivity index (χ0n) is 14.0. The molecule has 2 N–H and O–H groups in total. The summed E-state index contributed by atoms with van der Waals surface area (Å²) in [4.78, 5) is 20.9. The first-order valence-corrected chi connectivity index (χ1v) is 8.14. The molecule has 0 aromatic heterocycles. The third-order valence-electron chi connectivity index (χ3n) is 4.17. The highest BCUT2D eigenvalue weighted by molar-refractivity contribution is 6.00. The van der Waals surface area contributed by atoms with Crippen molar-refractivity contribution >= 4 is 17.9 Å². The summed E-state index contributed by atoms with van der Waals surface area (Å²) in [5.74, 6) is -0.477. The Morgan fingerprint density at radius 3 is 2.84 bits per heavy atom. The molecule has 0 saturated heterocycles. The highest BCUT2D eigenvalue weighted by atomic mass is 16.6. The standard InChI is InChI=1S/C20H20N2O3/c1-21-19(15-8-5-9-16(12-15)20(23)24)22-25-13-17-10-4-7-14-6-2-3-11-18(14)17/h2,4-10,12H,3,11,13H2,1H3,(H,21,22)(H,23,24). The zero-order valence-corrected chi connectivity index (χ0v) is 14.0. The number of rotatable bonds is 5. The second kappa shape index (κ2) is 7.77. The van der Waals surface area contributed by atoms with Gasteiger partial charge in [0.15, 0.2) is 5.84 Å². The SMILES string of the molecule is CN=C(NOCc1cccc2c1CCC=C2)c1cccc(C(=O)O)c1. The quantitative estimate of drug-likeness (QED) is 0.498. The summed E-state index contributed by atoms with van der Waals surface area (Å²) in [5, 5.41) is 9.10. The molecule has 0 bridgehead atoms. The van der Waals surface area contributed by atoms with Crippen molar-refractivity contribution in [2.45, 2.75) is 19.4 Å². The van der Waals surface area contributed by atoms with Gasteiger partial charge in [0.25, 0.3) is 0 Å². The van der Waals surface area contributed by atoms with Gasteiger partial charge in [-0.15, -0.1) is 0 Å². The molecule has 5 heteroatoms. The Labute approximate surface area is 146 Å². The van der Waals surface area contributed by atoms with Crippen molar-refractivity contribution in [3.8, 4) is 0 Å². The highest BCUT2D eigenvalue weighted by Crippen LogP contribution is 2.23. The van der Waals surface area contributed by atoms with Crippen molar-refractivity contribution < 1.29 is 14.7 Å². The molecule has 1 aliphatic carbocycles. The van der Waals surface area contributed by atoms with Crippen LogP contribution in [0.15, 0.2) is 53.5 Å². The Morgan fingerprint density at radius 1 is 1.24 bits per heavy atom. The van der Waals surface area contributed by atoms with Crippen molar-refractivity contribution in [1.82, 2.24) is 5.48 Å². The maximum Gasteiger partial charge on any atom is 0.335 e. The van der Waals surface area contributed by atoms with Gasteiger partial charge in [0.2, 0.25) is 0 Å². The van der Waals surface area contributed by atoms with E-state index in [9.17, 15) is 4.79 Å². The Balaban J connectivity index is 1.68. The smallest absolute Gasteiger partial charge is 0.335 e. The van der Waals surface area contributed by atoms with Crippen LogP contribution in [0.5, 0.6) is 0 Å². The molecule has 0 saturated carbocycles. The monoisotopic (exact) mass is 336 g/mol. The fraction of sp³-hybridized carbons (Fsp3) is 0.200. The molecule has 5 nitrogen and oxygen atoms in total. The van der Waals surface area contributed by atoms with Crippen LogP contribution in [0.3, 0.4) is 0 Å². The van der Waals surface area contributed by atoms with Gasteiger partial charge >= 0.3 is 5.97 Å². The predicted molar refractivity (Wildman–Crippen MR) is 97.6 cm³/mol. The van der Waals surface area contributed by atoms with E-state index in [0.29, 0.717) is 18.0 Å². The number of nitrogens with one attached hydrogen (secondary N) is 1. The molecule has 0 spiro atoms. The third kappa shape index (κ3) is 3.95. The molecular formula is C20H20N2O3. The van der Waals surface area contributed by atoms with Crippen LogP contribution in [0, 0.1) is 0 Å². The second-order valence-electron chi connectivity index (χ2n) is 5.77. The number of aromatic carboxylic acids is 1. The number of benzene rings is 2. The molecule has 0 fully saturated rings. The van der Waals surface area contributed by atoms with E-state index in [1.165, 1.54) is 11.1 Å². The molecule has 128 valence electrons. The third-order valence-corrected chi connectivity index (χ3v) is 4.17. The molecule has 2 aromatic rings. The summed E-state index contributed by atoms with van der Waals surface area (Å²) in [6.45, 7) is 0.411. The minimum atomic E-state index is -0.970. The number of allylic oxidation sites excluding steroid dienone is 1.